The Bertz CT molecular complexity index is 505. The summed E-state index contributed by atoms with van der Waals surface area (Å²) in [6, 6.07) is 8.20. The minimum Gasteiger partial charge on any atom is -0.332 e. The number of hydrogen-bond donors (Lipinski definition) is 1. The minimum atomic E-state index is -0.298. The van der Waals surface area contributed by atoms with Crippen molar-refractivity contribution in [3.05, 3.63) is 44.8 Å². The van der Waals surface area contributed by atoms with Gasteiger partial charge in [0, 0.05) is 21.7 Å². The molecule has 0 aliphatic heterocycles. The van der Waals surface area contributed by atoms with Crippen LogP contribution < -0.4 is 5.73 Å². The van der Waals surface area contributed by atoms with Gasteiger partial charge in [0.2, 0.25) is 5.91 Å². The van der Waals surface area contributed by atoms with Crippen molar-refractivity contribution >= 4 is 28.6 Å². The van der Waals surface area contributed by atoms with Crippen molar-refractivity contribution in [2.75, 3.05) is 0 Å². The molecule has 2 heterocycles. The van der Waals surface area contributed by atoms with E-state index in [0.717, 1.165) is 0 Å². The second-order valence-corrected chi connectivity index (χ2v) is 7.96. The van der Waals surface area contributed by atoms with Crippen molar-refractivity contribution in [1.82, 2.24) is 4.90 Å². The summed E-state index contributed by atoms with van der Waals surface area (Å²) >= 11 is 3.38. The number of hydrogen-bond acceptors (Lipinski definition) is 4. The van der Waals surface area contributed by atoms with E-state index in [4.69, 9.17) is 5.73 Å². The molecule has 0 fully saturated rings. The van der Waals surface area contributed by atoms with Crippen molar-refractivity contribution in [3.8, 4) is 0 Å². The highest BCUT2D eigenvalue weighted by Gasteiger charge is 2.19. The Balaban J connectivity index is 2.01. The lowest BCUT2D eigenvalue weighted by atomic mass is 9.99. The summed E-state index contributed by atoms with van der Waals surface area (Å²) in [4.78, 5) is 16.9. The van der Waals surface area contributed by atoms with Gasteiger partial charge in [0.25, 0.3) is 0 Å². The van der Waals surface area contributed by atoms with E-state index in [-0.39, 0.29) is 11.4 Å². The molecule has 0 radical (unpaired) electrons. The summed E-state index contributed by atoms with van der Waals surface area (Å²) in [5.41, 5.74) is 5.69. The van der Waals surface area contributed by atoms with Crippen molar-refractivity contribution in [2.45, 2.75) is 45.3 Å². The fourth-order valence-corrected chi connectivity index (χ4v) is 3.44. The van der Waals surface area contributed by atoms with Crippen LogP contribution in [-0.4, -0.2) is 16.3 Å². The fraction of sp³-hybridized carbons (Fsp3) is 0.438. The van der Waals surface area contributed by atoms with Crippen LogP contribution in [0.1, 0.15) is 36.4 Å². The number of carbonyl (C=O) groups is 1. The number of nitrogens with zero attached hydrogens (tertiary/aromatic N) is 1. The van der Waals surface area contributed by atoms with Gasteiger partial charge in [-0.2, -0.15) is 0 Å². The van der Waals surface area contributed by atoms with Gasteiger partial charge in [-0.3, -0.25) is 4.79 Å². The summed E-state index contributed by atoms with van der Waals surface area (Å²) in [5, 5.41) is 4.10. The molecular weight excluding hydrogens is 300 g/mol. The highest BCUT2D eigenvalue weighted by Crippen LogP contribution is 2.19. The number of amides is 1. The van der Waals surface area contributed by atoms with Crippen LogP contribution in [0.5, 0.6) is 0 Å². The minimum absolute atomic E-state index is 0.176. The van der Waals surface area contributed by atoms with Gasteiger partial charge in [0.05, 0.1) is 13.1 Å². The third-order valence-electron chi connectivity index (χ3n) is 3.19. The SMILES string of the molecule is CC(C)(N)CCC(=O)N(Cc1cccs1)Cc1cccs1. The topological polar surface area (TPSA) is 46.3 Å². The van der Waals surface area contributed by atoms with Crippen molar-refractivity contribution in [2.24, 2.45) is 5.73 Å². The van der Waals surface area contributed by atoms with Crippen LogP contribution in [-0.2, 0) is 17.9 Å². The molecule has 2 aromatic heterocycles. The van der Waals surface area contributed by atoms with Crippen LogP contribution in [0, 0.1) is 0 Å². The zero-order chi connectivity index (χ0) is 15.3. The maximum absolute atomic E-state index is 12.5. The zero-order valence-electron chi connectivity index (χ0n) is 12.5. The molecule has 0 saturated heterocycles. The maximum atomic E-state index is 12.5. The fourth-order valence-electron chi connectivity index (χ4n) is 2.00. The lowest BCUT2D eigenvalue weighted by Gasteiger charge is -2.24. The number of carbonyl (C=O) groups excluding carboxylic acids is 1. The lowest BCUT2D eigenvalue weighted by Crippen LogP contribution is -2.35. The average Bonchev–Trinajstić information content (AvgIpc) is 3.07. The number of rotatable bonds is 7. The highest BCUT2D eigenvalue weighted by atomic mass is 32.1. The number of thiophene rings is 2. The highest BCUT2D eigenvalue weighted by molar-refractivity contribution is 7.10. The smallest absolute Gasteiger partial charge is 0.223 e. The molecule has 0 unspecified atom stereocenters. The summed E-state index contributed by atoms with van der Waals surface area (Å²) in [6.07, 6.45) is 1.21. The molecule has 3 nitrogen and oxygen atoms in total. The van der Waals surface area contributed by atoms with E-state index in [9.17, 15) is 4.79 Å². The molecule has 5 heteroatoms. The van der Waals surface area contributed by atoms with Crippen LogP contribution in [0.3, 0.4) is 0 Å². The van der Waals surface area contributed by atoms with Gasteiger partial charge in [0.1, 0.15) is 0 Å². The molecule has 0 aromatic carbocycles. The van der Waals surface area contributed by atoms with E-state index in [2.05, 4.69) is 12.1 Å². The van der Waals surface area contributed by atoms with E-state index in [1.807, 2.05) is 41.6 Å². The molecule has 2 N–H and O–H groups in total. The Morgan fingerprint density at radius 2 is 1.67 bits per heavy atom. The van der Waals surface area contributed by atoms with Gasteiger partial charge in [-0.05, 0) is 43.2 Å². The molecule has 0 bridgehead atoms. The molecule has 0 atom stereocenters. The first-order chi connectivity index (χ1) is 9.94. The van der Waals surface area contributed by atoms with Crippen molar-refractivity contribution in [1.29, 1.82) is 0 Å². The van der Waals surface area contributed by atoms with Crippen LogP contribution in [0.2, 0.25) is 0 Å². The van der Waals surface area contributed by atoms with Crippen molar-refractivity contribution < 1.29 is 4.79 Å². The first kappa shape index (κ1) is 16.2. The lowest BCUT2D eigenvalue weighted by molar-refractivity contribution is -0.132. The van der Waals surface area contributed by atoms with Gasteiger partial charge in [-0.25, -0.2) is 0 Å². The Kier molecular flexibility index (Phi) is 5.56. The number of nitrogens with two attached hydrogens (primary N) is 1. The summed E-state index contributed by atoms with van der Waals surface area (Å²) in [7, 11) is 0. The second kappa shape index (κ2) is 7.20. The molecule has 1 amide bonds. The van der Waals surface area contributed by atoms with Crippen LogP contribution in [0.25, 0.3) is 0 Å². The summed E-state index contributed by atoms with van der Waals surface area (Å²) in [6.45, 7) is 5.28. The van der Waals surface area contributed by atoms with Gasteiger partial charge < -0.3 is 10.6 Å². The van der Waals surface area contributed by atoms with Crippen LogP contribution >= 0.6 is 22.7 Å². The Morgan fingerprint density at radius 3 is 2.05 bits per heavy atom. The quantitative estimate of drug-likeness (QED) is 0.841. The monoisotopic (exact) mass is 322 g/mol. The standard InChI is InChI=1S/C16H22N2OS2/c1-16(2,17)8-7-15(19)18(11-13-5-3-9-20-13)12-14-6-4-10-21-14/h3-6,9-10H,7-8,11-12,17H2,1-2H3. The molecule has 114 valence electrons. The molecule has 21 heavy (non-hydrogen) atoms. The average molecular weight is 322 g/mol. The largest absolute Gasteiger partial charge is 0.332 e. The molecule has 0 saturated carbocycles. The molecule has 0 aliphatic carbocycles. The molecular formula is C16H22N2OS2. The van der Waals surface area contributed by atoms with Gasteiger partial charge in [-0.15, -0.1) is 22.7 Å². The third kappa shape index (κ3) is 5.61. The van der Waals surface area contributed by atoms with Gasteiger partial charge in [0.15, 0.2) is 0 Å². The van der Waals surface area contributed by atoms with Crippen LogP contribution in [0.4, 0.5) is 0 Å². The Labute approximate surface area is 134 Å². The molecule has 2 rings (SSSR count). The van der Waals surface area contributed by atoms with E-state index < -0.39 is 0 Å². The maximum Gasteiger partial charge on any atom is 0.223 e. The second-order valence-electron chi connectivity index (χ2n) is 5.90. The van der Waals surface area contributed by atoms with E-state index in [1.165, 1.54) is 9.75 Å². The van der Waals surface area contributed by atoms with Gasteiger partial charge >= 0.3 is 0 Å². The normalized spacial score (nSPS) is 11.6. The predicted octanol–water partition coefficient (Wildman–Crippen LogP) is 3.86. The van der Waals surface area contributed by atoms with E-state index in [0.29, 0.717) is 25.9 Å². The first-order valence-corrected chi connectivity index (χ1v) is 8.81. The Morgan fingerprint density at radius 1 is 1.14 bits per heavy atom. The molecule has 0 spiro atoms. The molecule has 0 aliphatic rings. The summed E-state index contributed by atoms with van der Waals surface area (Å²) < 4.78 is 0. The van der Waals surface area contributed by atoms with Gasteiger partial charge in [-0.1, -0.05) is 12.1 Å². The summed E-state index contributed by atoms with van der Waals surface area (Å²) in [5.74, 6) is 0.176. The third-order valence-corrected chi connectivity index (χ3v) is 4.91. The zero-order valence-corrected chi connectivity index (χ0v) is 14.2. The molecule has 2 aromatic rings. The predicted molar refractivity (Wildman–Crippen MR) is 90.4 cm³/mol. The van der Waals surface area contributed by atoms with Crippen LogP contribution in [0.15, 0.2) is 35.0 Å². The van der Waals surface area contributed by atoms with Crippen molar-refractivity contribution in [3.63, 3.8) is 0 Å². The Hall–Kier alpha value is -1.17. The van der Waals surface area contributed by atoms with E-state index >= 15 is 0 Å². The first-order valence-electron chi connectivity index (χ1n) is 7.05. The van der Waals surface area contributed by atoms with E-state index in [1.54, 1.807) is 22.7 Å².